The number of carbonyl (C=O) groups is 1. The van der Waals surface area contributed by atoms with Gasteiger partial charge in [-0.15, -0.1) is 0 Å². The molecule has 3 heterocycles. The second-order valence-corrected chi connectivity index (χ2v) is 8.90. The highest BCUT2D eigenvalue weighted by Gasteiger charge is 2.21. The van der Waals surface area contributed by atoms with Gasteiger partial charge < -0.3 is 10.1 Å². The standard InChI is InChI=1S/C25H28N6O2/c1-16-7-9-19(10-8-16)31-15-17-11-23(24(33-3)12-22(17)29-31)28-25(32)21-6-4-5-20(27-21)18-13-26-30(2)14-18/h4-6,11-16,19H,7-10H2,1-3H3,(H,28,32). The van der Waals surface area contributed by atoms with Crippen molar-refractivity contribution in [1.29, 1.82) is 0 Å². The summed E-state index contributed by atoms with van der Waals surface area (Å²) in [6.45, 7) is 2.32. The molecular formula is C25H28N6O2. The van der Waals surface area contributed by atoms with E-state index in [0.29, 0.717) is 28.9 Å². The number of nitrogens with zero attached hydrogens (tertiary/aromatic N) is 5. The number of ether oxygens (including phenoxy) is 1. The van der Waals surface area contributed by atoms with Gasteiger partial charge >= 0.3 is 0 Å². The number of pyridine rings is 1. The van der Waals surface area contributed by atoms with Gasteiger partial charge in [0.25, 0.3) is 5.91 Å². The Labute approximate surface area is 192 Å². The Morgan fingerprint density at radius 2 is 1.97 bits per heavy atom. The van der Waals surface area contributed by atoms with Crippen LogP contribution in [0.3, 0.4) is 0 Å². The zero-order valence-corrected chi connectivity index (χ0v) is 19.2. The van der Waals surface area contributed by atoms with Crippen LogP contribution in [-0.4, -0.2) is 37.6 Å². The molecule has 0 unspecified atom stereocenters. The maximum atomic E-state index is 13.0. The van der Waals surface area contributed by atoms with Crippen molar-refractivity contribution in [3.05, 3.63) is 54.6 Å². The van der Waals surface area contributed by atoms with Gasteiger partial charge in [0.15, 0.2) is 0 Å². The van der Waals surface area contributed by atoms with Crippen molar-refractivity contribution in [3.8, 4) is 17.0 Å². The van der Waals surface area contributed by atoms with Crippen LogP contribution >= 0.6 is 0 Å². The maximum absolute atomic E-state index is 13.0. The van der Waals surface area contributed by atoms with E-state index in [1.807, 2.05) is 37.5 Å². The first-order valence-electron chi connectivity index (χ1n) is 11.3. The van der Waals surface area contributed by atoms with Crippen LogP contribution in [0.2, 0.25) is 0 Å². The van der Waals surface area contributed by atoms with E-state index in [2.05, 4.69) is 33.2 Å². The van der Waals surface area contributed by atoms with Gasteiger partial charge in [-0.1, -0.05) is 13.0 Å². The van der Waals surface area contributed by atoms with Crippen LogP contribution < -0.4 is 10.1 Å². The van der Waals surface area contributed by atoms with Crippen LogP contribution in [0.25, 0.3) is 22.2 Å². The lowest BCUT2D eigenvalue weighted by Gasteiger charge is -2.26. The van der Waals surface area contributed by atoms with Gasteiger partial charge in [0.2, 0.25) is 0 Å². The van der Waals surface area contributed by atoms with E-state index in [-0.39, 0.29) is 5.91 Å². The van der Waals surface area contributed by atoms with Crippen molar-refractivity contribution in [2.45, 2.75) is 38.6 Å². The fraction of sp³-hybridized carbons (Fsp3) is 0.360. The van der Waals surface area contributed by atoms with Gasteiger partial charge in [-0.25, -0.2) is 4.98 Å². The molecule has 1 aromatic carbocycles. The van der Waals surface area contributed by atoms with Gasteiger partial charge in [-0.3, -0.25) is 14.2 Å². The van der Waals surface area contributed by atoms with E-state index < -0.39 is 0 Å². The molecule has 1 fully saturated rings. The number of amides is 1. The van der Waals surface area contributed by atoms with Crippen molar-refractivity contribution in [2.24, 2.45) is 13.0 Å². The molecule has 33 heavy (non-hydrogen) atoms. The van der Waals surface area contributed by atoms with Crippen LogP contribution in [0.1, 0.15) is 49.1 Å². The smallest absolute Gasteiger partial charge is 0.274 e. The number of carbonyl (C=O) groups excluding carboxylic acids is 1. The Balaban J connectivity index is 1.40. The molecule has 0 saturated heterocycles. The minimum atomic E-state index is -0.299. The van der Waals surface area contributed by atoms with Gasteiger partial charge in [0.05, 0.1) is 36.2 Å². The molecule has 0 atom stereocenters. The summed E-state index contributed by atoms with van der Waals surface area (Å²) in [7, 11) is 3.44. The average Bonchev–Trinajstić information content (AvgIpc) is 3.45. The number of hydrogen-bond donors (Lipinski definition) is 1. The van der Waals surface area contributed by atoms with E-state index in [4.69, 9.17) is 9.84 Å². The summed E-state index contributed by atoms with van der Waals surface area (Å²) in [5, 5.41) is 12.9. The molecule has 170 valence electrons. The molecule has 1 N–H and O–H groups in total. The second kappa shape index (κ2) is 8.69. The van der Waals surface area contributed by atoms with Gasteiger partial charge in [-0.05, 0) is 49.8 Å². The summed E-state index contributed by atoms with van der Waals surface area (Å²) in [6, 6.07) is 9.61. The maximum Gasteiger partial charge on any atom is 0.274 e. The SMILES string of the molecule is COc1cc2nn(C3CCC(C)CC3)cc2cc1NC(=O)c1cccc(-c2cnn(C)c2)n1. The quantitative estimate of drug-likeness (QED) is 0.476. The molecule has 1 amide bonds. The van der Waals surface area contributed by atoms with Crippen LogP contribution in [0, 0.1) is 5.92 Å². The zero-order valence-electron chi connectivity index (χ0n) is 19.2. The van der Waals surface area contributed by atoms with Gasteiger partial charge in [0, 0.05) is 36.5 Å². The molecule has 0 bridgehead atoms. The molecular weight excluding hydrogens is 416 g/mol. The predicted octanol–water partition coefficient (Wildman–Crippen LogP) is 4.84. The number of hydrogen-bond acceptors (Lipinski definition) is 5. The topological polar surface area (TPSA) is 86.9 Å². The summed E-state index contributed by atoms with van der Waals surface area (Å²) in [4.78, 5) is 17.5. The Morgan fingerprint density at radius 1 is 1.15 bits per heavy atom. The molecule has 8 nitrogen and oxygen atoms in total. The molecule has 0 radical (unpaired) electrons. The Kier molecular flexibility index (Phi) is 5.58. The van der Waals surface area contributed by atoms with Crippen molar-refractivity contribution in [2.75, 3.05) is 12.4 Å². The minimum Gasteiger partial charge on any atom is -0.494 e. The molecule has 3 aromatic heterocycles. The lowest BCUT2D eigenvalue weighted by molar-refractivity contribution is 0.102. The van der Waals surface area contributed by atoms with E-state index in [1.54, 1.807) is 24.1 Å². The van der Waals surface area contributed by atoms with E-state index >= 15 is 0 Å². The number of anilines is 1. The van der Waals surface area contributed by atoms with Crippen molar-refractivity contribution >= 4 is 22.5 Å². The Hall–Kier alpha value is -3.68. The van der Waals surface area contributed by atoms with Crippen LogP contribution in [0.4, 0.5) is 5.69 Å². The number of fused-ring (bicyclic) bond motifs is 1. The first-order chi connectivity index (χ1) is 16.0. The molecule has 0 aliphatic heterocycles. The third-order valence-electron chi connectivity index (χ3n) is 6.43. The molecule has 1 saturated carbocycles. The normalized spacial score (nSPS) is 18.4. The second-order valence-electron chi connectivity index (χ2n) is 8.90. The molecule has 8 heteroatoms. The van der Waals surface area contributed by atoms with Crippen molar-refractivity contribution in [3.63, 3.8) is 0 Å². The minimum absolute atomic E-state index is 0.299. The number of rotatable bonds is 5. The number of nitrogens with one attached hydrogen (secondary N) is 1. The lowest BCUT2D eigenvalue weighted by Crippen LogP contribution is -2.16. The number of aryl methyl sites for hydroxylation is 1. The Bertz CT molecular complexity index is 1300. The van der Waals surface area contributed by atoms with E-state index in [0.717, 1.165) is 35.2 Å². The molecule has 5 rings (SSSR count). The van der Waals surface area contributed by atoms with Crippen LogP contribution in [0.15, 0.2) is 48.9 Å². The number of benzene rings is 1. The average molecular weight is 445 g/mol. The van der Waals surface area contributed by atoms with E-state index in [1.165, 1.54) is 12.8 Å². The van der Waals surface area contributed by atoms with Crippen molar-refractivity contribution in [1.82, 2.24) is 24.5 Å². The third-order valence-corrected chi connectivity index (χ3v) is 6.43. The lowest BCUT2D eigenvalue weighted by atomic mass is 9.87. The molecule has 1 aliphatic rings. The predicted molar refractivity (Wildman–Crippen MR) is 127 cm³/mol. The number of aromatic nitrogens is 5. The van der Waals surface area contributed by atoms with Crippen LogP contribution in [-0.2, 0) is 7.05 Å². The Morgan fingerprint density at radius 3 is 2.70 bits per heavy atom. The van der Waals surface area contributed by atoms with Gasteiger partial charge in [-0.2, -0.15) is 10.2 Å². The largest absolute Gasteiger partial charge is 0.494 e. The highest BCUT2D eigenvalue weighted by molar-refractivity contribution is 6.05. The third kappa shape index (κ3) is 4.33. The van der Waals surface area contributed by atoms with Crippen molar-refractivity contribution < 1.29 is 9.53 Å². The van der Waals surface area contributed by atoms with Gasteiger partial charge in [0.1, 0.15) is 11.4 Å². The molecule has 4 aromatic rings. The first kappa shape index (κ1) is 21.2. The summed E-state index contributed by atoms with van der Waals surface area (Å²) in [5.74, 6) is 1.06. The van der Waals surface area contributed by atoms with E-state index in [9.17, 15) is 4.79 Å². The monoisotopic (exact) mass is 444 g/mol. The van der Waals surface area contributed by atoms with Crippen LogP contribution in [0.5, 0.6) is 5.75 Å². The highest BCUT2D eigenvalue weighted by Crippen LogP contribution is 2.35. The summed E-state index contributed by atoms with van der Waals surface area (Å²) >= 11 is 0. The summed E-state index contributed by atoms with van der Waals surface area (Å²) in [6.07, 6.45) is 10.4. The fourth-order valence-electron chi connectivity index (χ4n) is 4.49. The summed E-state index contributed by atoms with van der Waals surface area (Å²) in [5.41, 5.74) is 3.34. The zero-order chi connectivity index (χ0) is 22.9. The summed E-state index contributed by atoms with van der Waals surface area (Å²) < 4.78 is 9.35. The number of methoxy groups -OCH3 is 1. The molecule has 0 spiro atoms. The molecule has 1 aliphatic carbocycles. The first-order valence-corrected chi connectivity index (χ1v) is 11.3. The highest BCUT2D eigenvalue weighted by atomic mass is 16.5. The fourth-order valence-corrected chi connectivity index (χ4v) is 4.49.